The number of carbonyl (C=O) groups excluding carboxylic acids is 2. The second kappa shape index (κ2) is 48.1. The van der Waals surface area contributed by atoms with Crippen molar-refractivity contribution in [1.82, 2.24) is 5.32 Å². The zero-order valence-electron chi connectivity index (χ0n) is 44.5. The number of phosphoric acid groups is 1. The third-order valence-electron chi connectivity index (χ3n) is 11.1. The van der Waals surface area contributed by atoms with Gasteiger partial charge in [-0.2, -0.15) is 0 Å². The number of esters is 1. The van der Waals surface area contributed by atoms with Gasteiger partial charge < -0.3 is 28.5 Å². The molecule has 392 valence electrons. The highest BCUT2D eigenvalue weighted by Crippen LogP contribution is 2.38. The number of amides is 1. The van der Waals surface area contributed by atoms with Crippen molar-refractivity contribution in [3.05, 3.63) is 122 Å². The van der Waals surface area contributed by atoms with Crippen molar-refractivity contribution in [2.24, 2.45) is 0 Å². The van der Waals surface area contributed by atoms with Gasteiger partial charge in [-0.15, -0.1) is 0 Å². The molecule has 0 aliphatic heterocycles. The zero-order chi connectivity index (χ0) is 50.8. The molecule has 0 radical (unpaired) electrons. The molecule has 1 N–H and O–H groups in total. The lowest BCUT2D eigenvalue weighted by atomic mass is 10.0. The summed E-state index contributed by atoms with van der Waals surface area (Å²) < 4.78 is 30.1. The monoisotopic (exact) mass is 979 g/mol. The van der Waals surface area contributed by atoms with Crippen LogP contribution in [0.25, 0.3) is 0 Å². The van der Waals surface area contributed by atoms with Crippen LogP contribution < -0.4 is 10.2 Å². The van der Waals surface area contributed by atoms with E-state index in [1.54, 1.807) is 6.08 Å². The molecule has 0 spiro atoms. The van der Waals surface area contributed by atoms with Crippen LogP contribution in [-0.4, -0.2) is 69.4 Å². The molecule has 0 fully saturated rings. The number of nitrogens with one attached hydrogen (secondary N) is 1. The van der Waals surface area contributed by atoms with E-state index in [9.17, 15) is 19.0 Å². The van der Waals surface area contributed by atoms with Gasteiger partial charge in [0.2, 0.25) is 5.91 Å². The van der Waals surface area contributed by atoms with Gasteiger partial charge in [0.15, 0.2) is 0 Å². The third kappa shape index (κ3) is 49.2. The minimum Gasteiger partial charge on any atom is -0.756 e. The van der Waals surface area contributed by atoms with Crippen LogP contribution in [0.3, 0.4) is 0 Å². The number of carbonyl (C=O) groups is 2. The normalized spacial score (nSPS) is 14.8. The van der Waals surface area contributed by atoms with Gasteiger partial charge in [-0.05, 0) is 70.3 Å². The molecule has 0 aliphatic carbocycles. The molecule has 0 saturated carbocycles. The second-order valence-electron chi connectivity index (χ2n) is 18.8. The largest absolute Gasteiger partial charge is 0.756 e. The first-order valence-electron chi connectivity index (χ1n) is 27.0. The zero-order valence-corrected chi connectivity index (χ0v) is 45.4. The SMILES string of the molecule is CC\C=C/C=C/C=C/C=C\C=C\C=C\CCCCCC(=O)NC(COP(=O)([O-])OCC[N+](C)(C)C)C(/C=C\CCCCCCCCCCCCC)OC(=O)CCCCCCC\C=C/C=C/C=C/CC. The molecule has 0 aromatic heterocycles. The van der Waals surface area contributed by atoms with Crippen molar-refractivity contribution in [2.45, 2.75) is 200 Å². The molecular weight excluding hydrogens is 880 g/mol. The smallest absolute Gasteiger partial charge is 0.306 e. The van der Waals surface area contributed by atoms with E-state index < -0.39 is 26.6 Å². The van der Waals surface area contributed by atoms with Crippen molar-refractivity contribution in [2.75, 3.05) is 40.9 Å². The lowest BCUT2D eigenvalue weighted by molar-refractivity contribution is -0.870. The summed E-state index contributed by atoms with van der Waals surface area (Å²) in [5.41, 5.74) is 0. The van der Waals surface area contributed by atoms with E-state index >= 15 is 0 Å². The number of hydrogen-bond donors (Lipinski definition) is 1. The Morgan fingerprint density at radius 3 is 1.41 bits per heavy atom. The molecule has 69 heavy (non-hydrogen) atoms. The lowest BCUT2D eigenvalue weighted by Crippen LogP contribution is -2.47. The highest BCUT2D eigenvalue weighted by atomic mass is 31.2. The van der Waals surface area contributed by atoms with Crippen LogP contribution >= 0.6 is 7.82 Å². The highest BCUT2D eigenvalue weighted by Gasteiger charge is 2.27. The van der Waals surface area contributed by atoms with E-state index in [4.69, 9.17) is 13.8 Å². The molecule has 0 aromatic rings. The minimum atomic E-state index is -4.72. The summed E-state index contributed by atoms with van der Waals surface area (Å²) in [4.78, 5) is 39.8. The second-order valence-corrected chi connectivity index (χ2v) is 20.2. The Balaban J connectivity index is 5.56. The van der Waals surface area contributed by atoms with E-state index in [0.717, 1.165) is 83.5 Å². The number of hydrogen-bond acceptors (Lipinski definition) is 7. The minimum absolute atomic E-state index is 0.0423. The molecule has 10 heteroatoms. The van der Waals surface area contributed by atoms with Gasteiger partial charge in [0.05, 0.1) is 33.8 Å². The van der Waals surface area contributed by atoms with Crippen molar-refractivity contribution < 1.29 is 37.3 Å². The van der Waals surface area contributed by atoms with Crippen LogP contribution in [0.1, 0.15) is 188 Å². The summed E-state index contributed by atoms with van der Waals surface area (Å²) in [5, 5.41) is 2.98. The molecule has 0 rings (SSSR count). The molecule has 3 unspecified atom stereocenters. The average Bonchev–Trinajstić information content (AvgIpc) is 3.31. The first-order chi connectivity index (χ1) is 33.4. The molecule has 0 saturated heterocycles. The lowest BCUT2D eigenvalue weighted by Gasteiger charge is -2.30. The molecule has 0 aromatic carbocycles. The topological polar surface area (TPSA) is 114 Å². The van der Waals surface area contributed by atoms with Gasteiger partial charge in [0.1, 0.15) is 19.3 Å². The van der Waals surface area contributed by atoms with Crippen molar-refractivity contribution in [3.8, 4) is 0 Å². The fourth-order valence-electron chi connectivity index (χ4n) is 6.96. The van der Waals surface area contributed by atoms with Crippen molar-refractivity contribution in [3.63, 3.8) is 0 Å². The van der Waals surface area contributed by atoms with Gasteiger partial charge >= 0.3 is 5.97 Å². The standard InChI is InChI=1S/C59H99N2O7P/c1-7-10-13-16-19-22-25-28-29-30-31-34-36-39-42-45-48-51-58(62)60-56(55-67-69(64,65)66-54-53-61(4,5)6)57(50-47-44-41-38-35-32-26-23-20-17-14-11-8-2)68-59(63)52-49-46-43-40-37-33-27-24-21-18-15-12-9-3/h10,12-13,15-16,18-19,21-22,24-25,27-31,34,36,47,50,56-57H,7-9,11,14,17,20,23,26,32-33,35,37-46,48-49,51-55H2,1-6H3,(H-,60,62,64,65)/b13-10-,15-12+,19-16+,21-18+,25-22+,27-24-,29-28-,31-30+,36-34+,50-47-. The number of quaternary nitrogens is 1. The maximum atomic E-state index is 13.4. The summed E-state index contributed by atoms with van der Waals surface area (Å²) in [5.74, 6) is -0.629. The Kier molecular flexibility index (Phi) is 45.6. The van der Waals surface area contributed by atoms with Crippen LogP contribution in [0.15, 0.2) is 122 Å². The predicted molar refractivity (Wildman–Crippen MR) is 293 cm³/mol. The first kappa shape index (κ1) is 65.4. The van der Waals surface area contributed by atoms with Crippen molar-refractivity contribution >= 4 is 19.7 Å². The van der Waals surface area contributed by atoms with Gasteiger partial charge in [0.25, 0.3) is 7.82 Å². The van der Waals surface area contributed by atoms with E-state index in [1.165, 1.54) is 57.8 Å². The Hall–Kier alpha value is -3.59. The number of rotatable bonds is 46. The number of phosphoric ester groups is 1. The summed E-state index contributed by atoms with van der Waals surface area (Å²) in [6.45, 7) is 6.47. The molecule has 0 heterocycles. The van der Waals surface area contributed by atoms with Gasteiger partial charge in [0, 0.05) is 12.8 Å². The first-order valence-corrected chi connectivity index (χ1v) is 28.4. The number of likely N-dealkylation sites (N-methyl/N-ethyl adjacent to an activating group) is 1. The summed E-state index contributed by atoms with van der Waals surface area (Å²) in [6, 6.07) is -0.927. The predicted octanol–water partition coefficient (Wildman–Crippen LogP) is 15.4. The van der Waals surface area contributed by atoms with Gasteiger partial charge in [-0.25, -0.2) is 0 Å². The average molecular weight is 979 g/mol. The van der Waals surface area contributed by atoms with Crippen LogP contribution in [-0.2, 0) is 27.9 Å². The van der Waals surface area contributed by atoms with Gasteiger partial charge in [-0.1, -0.05) is 226 Å². The number of unbranched alkanes of at least 4 members (excludes halogenated alkanes) is 19. The Bertz CT molecular complexity index is 1600. The maximum Gasteiger partial charge on any atom is 0.306 e. The summed E-state index contributed by atoms with van der Waals surface area (Å²) >= 11 is 0. The van der Waals surface area contributed by atoms with E-state index in [0.29, 0.717) is 23.9 Å². The molecule has 9 nitrogen and oxygen atoms in total. The molecular formula is C59H99N2O7P. The highest BCUT2D eigenvalue weighted by molar-refractivity contribution is 7.45. The van der Waals surface area contributed by atoms with Crippen LogP contribution in [0.5, 0.6) is 0 Å². The van der Waals surface area contributed by atoms with Gasteiger partial charge in [-0.3, -0.25) is 14.2 Å². The number of allylic oxidation sites excluding steroid dienone is 19. The molecule has 3 atom stereocenters. The fourth-order valence-corrected chi connectivity index (χ4v) is 7.69. The van der Waals surface area contributed by atoms with E-state index in [1.807, 2.05) is 94.1 Å². The Morgan fingerprint density at radius 2 is 0.928 bits per heavy atom. The van der Waals surface area contributed by atoms with E-state index in [2.05, 4.69) is 68.6 Å². The molecule has 1 amide bonds. The Morgan fingerprint density at radius 1 is 0.522 bits per heavy atom. The quantitative estimate of drug-likeness (QED) is 0.0161. The van der Waals surface area contributed by atoms with Crippen LogP contribution in [0.2, 0.25) is 0 Å². The maximum absolute atomic E-state index is 13.4. The van der Waals surface area contributed by atoms with Crippen LogP contribution in [0, 0.1) is 0 Å². The van der Waals surface area contributed by atoms with E-state index in [-0.39, 0.29) is 31.3 Å². The summed E-state index contributed by atoms with van der Waals surface area (Å²) in [7, 11) is 1.12. The van der Waals surface area contributed by atoms with Crippen LogP contribution in [0.4, 0.5) is 0 Å². The fraction of sp³-hybridized carbons (Fsp3) is 0.627. The Labute approximate surface area is 423 Å². The molecule has 0 bridgehead atoms. The number of ether oxygens (including phenoxy) is 1. The molecule has 0 aliphatic rings. The third-order valence-corrected chi connectivity index (χ3v) is 12.1. The number of nitrogens with zero attached hydrogens (tertiary/aromatic N) is 1. The van der Waals surface area contributed by atoms with Crippen molar-refractivity contribution in [1.29, 1.82) is 0 Å². The summed E-state index contributed by atoms with van der Waals surface area (Å²) in [6.07, 6.45) is 65.9.